The van der Waals surface area contributed by atoms with Crippen LogP contribution in [-0.4, -0.2) is 46.2 Å². The first-order valence-corrected chi connectivity index (χ1v) is 10.5. The number of rotatable bonds is 5. The minimum Gasteiger partial charge on any atom is -0.453 e. The first-order chi connectivity index (χ1) is 14.0. The molecule has 0 aliphatic carbocycles. The van der Waals surface area contributed by atoms with E-state index in [1.54, 1.807) is 17.9 Å². The van der Waals surface area contributed by atoms with Gasteiger partial charge in [0.25, 0.3) is 5.91 Å². The Labute approximate surface area is 172 Å². The fourth-order valence-electron chi connectivity index (χ4n) is 3.90. The molecular weight excluding hydrogens is 388 g/mol. The molecule has 1 fully saturated rings. The summed E-state index contributed by atoms with van der Waals surface area (Å²) in [4.78, 5) is 43.8. The van der Waals surface area contributed by atoms with Crippen LogP contribution in [0.4, 0.5) is 0 Å². The number of H-pyrrole nitrogens is 1. The molecule has 0 spiro atoms. The van der Waals surface area contributed by atoms with E-state index in [1.165, 1.54) is 11.3 Å². The van der Waals surface area contributed by atoms with Crippen molar-refractivity contribution in [1.82, 2.24) is 9.88 Å². The van der Waals surface area contributed by atoms with Crippen molar-refractivity contribution in [2.45, 2.75) is 38.8 Å². The molecule has 1 saturated heterocycles. The zero-order valence-electron chi connectivity index (χ0n) is 16.3. The molecule has 1 aliphatic rings. The lowest BCUT2D eigenvalue weighted by molar-refractivity contribution is -0.150. The number of aromatic amines is 1. The summed E-state index contributed by atoms with van der Waals surface area (Å²) in [5, 5.41) is 2.65. The van der Waals surface area contributed by atoms with Crippen LogP contribution in [0.15, 0.2) is 41.8 Å². The molecule has 1 aromatic carbocycles. The van der Waals surface area contributed by atoms with E-state index in [0.717, 1.165) is 23.0 Å². The number of ether oxygens (including phenoxy) is 1. The number of hydrogen-bond donors (Lipinski definition) is 1. The molecule has 1 aliphatic heterocycles. The third kappa shape index (κ3) is 3.58. The van der Waals surface area contributed by atoms with Crippen molar-refractivity contribution in [2.24, 2.45) is 0 Å². The molecule has 0 unspecified atom stereocenters. The third-order valence-electron chi connectivity index (χ3n) is 5.32. The minimum absolute atomic E-state index is 0.161. The zero-order chi connectivity index (χ0) is 20.5. The predicted octanol–water partition coefficient (Wildman–Crippen LogP) is 3.96. The Morgan fingerprint density at radius 2 is 2.00 bits per heavy atom. The molecule has 0 bridgehead atoms. The van der Waals surface area contributed by atoms with Crippen molar-refractivity contribution in [2.75, 3.05) is 6.54 Å². The molecule has 1 N–H and O–H groups in total. The van der Waals surface area contributed by atoms with E-state index < -0.39 is 18.1 Å². The first kappa shape index (κ1) is 19.4. The number of Topliss-reactive ketones (excluding diaryl/α,β-unsaturated/α-hetero) is 1. The van der Waals surface area contributed by atoms with E-state index in [4.69, 9.17) is 4.74 Å². The fraction of sp³-hybridized carbons (Fsp3) is 0.318. The number of ketones is 1. The van der Waals surface area contributed by atoms with E-state index in [9.17, 15) is 14.4 Å². The van der Waals surface area contributed by atoms with Gasteiger partial charge in [-0.05, 0) is 44.2 Å². The van der Waals surface area contributed by atoms with Gasteiger partial charge in [-0.15, -0.1) is 11.3 Å². The number of aromatic nitrogens is 1. The highest BCUT2D eigenvalue weighted by Crippen LogP contribution is 2.26. The van der Waals surface area contributed by atoms with Gasteiger partial charge in [-0.1, -0.05) is 24.3 Å². The first-order valence-electron chi connectivity index (χ1n) is 9.64. The molecule has 7 heteroatoms. The molecule has 1 amide bonds. The van der Waals surface area contributed by atoms with Crippen LogP contribution >= 0.6 is 11.3 Å². The summed E-state index contributed by atoms with van der Waals surface area (Å²) in [6.45, 7) is 3.93. The van der Waals surface area contributed by atoms with Crippen LogP contribution in [0.1, 0.15) is 45.5 Å². The maximum atomic E-state index is 13.0. The van der Waals surface area contributed by atoms with E-state index in [1.807, 2.05) is 42.6 Å². The Kier molecular flexibility index (Phi) is 5.24. The zero-order valence-corrected chi connectivity index (χ0v) is 17.1. The highest BCUT2D eigenvalue weighted by Gasteiger charge is 2.37. The molecule has 0 saturated carbocycles. The largest absolute Gasteiger partial charge is 0.453 e. The second kappa shape index (κ2) is 7.83. The van der Waals surface area contributed by atoms with Gasteiger partial charge in [-0.3, -0.25) is 9.59 Å². The van der Waals surface area contributed by atoms with Gasteiger partial charge in [0.1, 0.15) is 6.04 Å². The van der Waals surface area contributed by atoms with Gasteiger partial charge in [0, 0.05) is 28.7 Å². The van der Waals surface area contributed by atoms with Crippen molar-refractivity contribution in [3.05, 3.63) is 57.9 Å². The van der Waals surface area contributed by atoms with Crippen LogP contribution in [0.3, 0.4) is 0 Å². The van der Waals surface area contributed by atoms with Crippen molar-refractivity contribution in [3.8, 4) is 0 Å². The summed E-state index contributed by atoms with van der Waals surface area (Å²) in [6, 6.07) is 10.5. The van der Waals surface area contributed by atoms with Gasteiger partial charge in [0.2, 0.25) is 5.78 Å². The number of fused-ring (bicyclic) bond motifs is 1. The van der Waals surface area contributed by atoms with E-state index in [-0.39, 0.29) is 11.7 Å². The van der Waals surface area contributed by atoms with Crippen LogP contribution < -0.4 is 0 Å². The average molecular weight is 410 g/mol. The molecule has 29 heavy (non-hydrogen) atoms. The topological polar surface area (TPSA) is 79.5 Å². The quantitative estimate of drug-likeness (QED) is 0.510. The second-order valence-electron chi connectivity index (χ2n) is 7.25. The Morgan fingerprint density at radius 3 is 2.76 bits per heavy atom. The summed E-state index contributed by atoms with van der Waals surface area (Å²) in [5.74, 6) is -0.931. The molecule has 4 rings (SSSR count). The number of benzene rings is 1. The van der Waals surface area contributed by atoms with Gasteiger partial charge in [0.15, 0.2) is 6.10 Å². The van der Waals surface area contributed by atoms with E-state index >= 15 is 0 Å². The maximum absolute atomic E-state index is 13.0. The van der Waals surface area contributed by atoms with Gasteiger partial charge in [0.05, 0.1) is 4.88 Å². The van der Waals surface area contributed by atoms with Crippen LogP contribution in [0.5, 0.6) is 0 Å². The molecule has 3 heterocycles. The lowest BCUT2D eigenvalue weighted by Crippen LogP contribution is -2.42. The summed E-state index contributed by atoms with van der Waals surface area (Å²) >= 11 is 1.35. The number of nitrogens with one attached hydrogen (secondary N) is 1. The normalized spacial score (nSPS) is 17.4. The van der Waals surface area contributed by atoms with Crippen molar-refractivity contribution >= 4 is 39.9 Å². The molecular formula is C22H22N2O4S. The SMILES string of the molecule is Cc1[nH]c2ccccc2c1C(=O)[C@H](C)OC(=O)[C@@H]1CCCN1C(=O)c1cccs1. The number of hydrogen-bond acceptors (Lipinski definition) is 5. The Hall–Kier alpha value is -2.93. The summed E-state index contributed by atoms with van der Waals surface area (Å²) in [7, 11) is 0. The highest BCUT2D eigenvalue weighted by molar-refractivity contribution is 7.12. The number of carbonyl (C=O) groups excluding carboxylic acids is 3. The van der Waals surface area contributed by atoms with Gasteiger partial charge >= 0.3 is 5.97 Å². The average Bonchev–Trinajstić information content (AvgIpc) is 3.45. The van der Waals surface area contributed by atoms with Crippen molar-refractivity contribution in [3.63, 3.8) is 0 Å². The van der Waals surface area contributed by atoms with Crippen molar-refractivity contribution in [1.29, 1.82) is 0 Å². The van der Waals surface area contributed by atoms with Crippen LogP contribution in [0, 0.1) is 6.92 Å². The Bertz CT molecular complexity index is 1070. The highest BCUT2D eigenvalue weighted by atomic mass is 32.1. The monoisotopic (exact) mass is 410 g/mol. The van der Waals surface area contributed by atoms with E-state index in [2.05, 4.69) is 4.98 Å². The number of thiophene rings is 1. The van der Waals surface area contributed by atoms with Crippen LogP contribution in [0.25, 0.3) is 10.9 Å². The smallest absolute Gasteiger partial charge is 0.329 e. The fourth-order valence-corrected chi connectivity index (χ4v) is 4.58. The summed E-state index contributed by atoms with van der Waals surface area (Å²) in [6.07, 6.45) is 0.351. The molecule has 6 nitrogen and oxygen atoms in total. The van der Waals surface area contributed by atoms with Crippen molar-refractivity contribution < 1.29 is 19.1 Å². The summed E-state index contributed by atoms with van der Waals surface area (Å²) in [5.41, 5.74) is 2.16. The van der Waals surface area contributed by atoms with Gasteiger partial charge in [-0.2, -0.15) is 0 Å². The number of esters is 1. The molecule has 0 radical (unpaired) electrons. The number of amides is 1. The summed E-state index contributed by atoms with van der Waals surface area (Å²) < 4.78 is 5.53. The number of carbonyl (C=O) groups is 3. The standard InChI is InChI=1S/C22H22N2O4S/c1-13-19(15-7-3-4-8-16(15)23-13)20(25)14(2)28-22(27)17-9-5-11-24(17)21(26)18-10-6-12-29-18/h3-4,6-8,10,12,14,17,23H,5,9,11H2,1-2H3/t14-,17-/m0/s1. The lowest BCUT2D eigenvalue weighted by atomic mass is 10.0. The van der Waals surface area contributed by atoms with Crippen LogP contribution in [-0.2, 0) is 9.53 Å². The van der Waals surface area contributed by atoms with Crippen LogP contribution in [0.2, 0.25) is 0 Å². The number of para-hydroxylation sites is 1. The molecule has 3 aromatic rings. The number of likely N-dealkylation sites (tertiary alicyclic amines) is 1. The predicted molar refractivity (Wildman–Crippen MR) is 111 cm³/mol. The molecule has 150 valence electrons. The lowest BCUT2D eigenvalue weighted by Gasteiger charge is -2.24. The molecule has 2 aromatic heterocycles. The van der Waals surface area contributed by atoms with Gasteiger partial charge < -0.3 is 14.6 Å². The second-order valence-corrected chi connectivity index (χ2v) is 8.20. The Balaban J connectivity index is 1.49. The molecule has 2 atom stereocenters. The minimum atomic E-state index is -0.931. The van der Waals surface area contributed by atoms with E-state index in [0.29, 0.717) is 23.4 Å². The Morgan fingerprint density at radius 1 is 1.21 bits per heavy atom. The maximum Gasteiger partial charge on any atom is 0.329 e. The number of nitrogens with zero attached hydrogens (tertiary/aromatic N) is 1. The third-order valence-corrected chi connectivity index (χ3v) is 6.18. The van der Waals surface area contributed by atoms with Gasteiger partial charge in [-0.25, -0.2) is 4.79 Å². The number of aryl methyl sites for hydroxylation is 1.